The molecular weight excluding hydrogens is 332 g/mol. The van der Waals surface area contributed by atoms with Crippen molar-refractivity contribution in [3.05, 3.63) is 51.5 Å². The summed E-state index contributed by atoms with van der Waals surface area (Å²) in [5, 5.41) is 7.69. The highest BCUT2D eigenvalue weighted by Crippen LogP contribution is 2.15. The van der Waals surface area contributed by atoms with Crippen molar-refractivity contribution in [2.45, 2.75) is 33.2 Å². The number of ether oxygens (including phenoxy) is 1. The number of benzene rings is 1. The molecule has 2 N–H and O–H groups in total. The summed E-state index contributed by atoms with van der Waals surface area (Å²) in [6.45, 7) is 7.19. The van der Waals surface area contributed by atoms with Gasteiger partial charge < -0.3 is 15.4 Å². The topological polar surface area (TPSA) is 58.5 Å². The molecule has 0 bridgehead atoms. The van der Waals surface area contributed by atoms with Crippen LogP contribution >= 0.6 is 11.3 Å². The molecule has 0 aliphatic heterocycles. The van der Waals surface area contributed by atoms with Crippen molar-refractivity contribution in [2.75, 3.05) is 26.8 Å². The Morgan fingerprint density at radius 3 is 2.64 bits per heavy atom. The van der Waals surface area contributed by atoms with Gasteiger partial charge in [0.05, 0.1) is 18.8 Å². The van der Waals surface area contributed by atoms with Gasteiger partial charge in [0.1, 0.15) is 5.01 Å². The van der Waals surface area contributed by atoms with E-state index in [0.717, 1.165) is 49.3 Å². The van der Waals surface area contributed by atoms with E-state index in [1.165, 1.54) is 10.4 Å². The molecular formula is C19H28N4OS. The molecule has 6 heteroatoms. The Hall–Kier alpha value is -1.92. The van der Waals surface area contributed by atoms with Crippen LogP contribution in [0, 0.1) is 13.8 Å². The summed E-state index contributed by atoms with van der Waals surface area (Å²) < 4.78 is 5.69. The smallest absolute Gasteiger partial charge is 0.191 e. The molecule has 0 aliphatic rings. The van der Waals surface area contributed by atoms with Gasteiger partial charge in [0.25, 0.3) is 0 Å². The van der Waals surface area contributed by atoms with E-state index in [4.69, 9.17) is 4.74 Å². The quantitative estimate of drug-likeness (QED) is 0.410. The highest BCUT2D eigenvalue weighted by atomic mass is 32.1. The maximum Gasteiger partial charge on any atom is 0.191 e. The summed E-state index contributed by atoms with van der Waals surface area (Å²) in [6.07, 6.45) is 1.91. The van der Waals surface area contributed by atoms with E-state index in [1.807, 2.05) is 13.0 Å². The highest BCUT2D eigenvalue weighted by Gasteiger charge is 2.04. The summed E-state index contributed by atoms with van der Waals surface area (Å²) in [5.41, 5.74) is 2.43. The molecule has 1 aromatic carbocycles. The van der Waals surface area contributed by atoms with Crippen LogP contribution in [0.5, 0.6) is 0 Å². The number of hydrogen-bond acceptors (Lipinski definition) is 4. The largest absolute Gasteiger partial charge is 0.381 e. The number of aliphatic imine (C=N–C) groups is 1. The van der Waals surface area contributed by atoms with Crippen LogP contribution < -0.4 is 10.6 Å². The van der Waals surface area contributed by atoms with Gasteiger partial charge in [0, 0.05) is 25.1 Å². The monoisotopic (exact) mass is 360 g/mol. The molecule has 0 radical (unpaired) electrons. The van der Waals surface area contributed by atoms with Gasteiger partial charge in [0.2, 0.25) is 0 Å². The van der Waals surface area contributed by atoms with Crippen molar-refractivity contribution in [3.63, 3.8) is 0 Å². The van der Waals surface area contributed by atoms with E-state index in [1.54, 1.807) is 18.4 Å². The van der Waals surface area contributed by atoms with Crippen LogP contribution in [0.2, 0.25) is 0 Å². The molecule has 0 fully saturated rings. The molecule has 0 spiro atoms. The van der Waals surface area contributed by atoms with Crippen LogP contribution in [-0.2, 0) is 17.7 Å². The molecule has 0 saturated heterocycles. The van der Waals surface area contributed by atoms with Gasteiger partial charge in [-0.05, 0) is 32.3 Å². The predicted octanol–water partition coefficient (Wildman–Crippen LogP) is 3.07. The van der Waals surface area contributed by atoms with Gasteiger partial charge in [-0.15, -0.1) is 11.3 Å². The third-order valence-corrected chi connectivity index (χ3v) is 4.91. The lowest BCUT2D eigenvalue weighted by Crippen LogP contribution is -2.37. The number of guanidine groups is 1. The third kappa shape index (κ3) is 7.23. The van der Waals surface area contributed by atoms with Gasteiger partial charge in [-0.25, -0.2) is 4.98 Å². The first-order valence-electron chi connectivity index (χ1n) is 8.68. The fourth-order valence-electron chi connectivity index (χ4n) is 2.31. The van der Waals surface area contributed by atoms with Crippen LogP contribution in [-0.4, -0.2) is 37.7 Å². The molecule has 2 rings (SSSR count). The van der Waals surface area contributed by atoms with E-state index in [2.05, 4.69) is 51.8 Å². The second-order valence-corrected chi connectivity index (χ2v) is 7.09. The standard InChI is InChI=1S/C19H28N4OS/c1-15-16(2)25-18(23-15)14-22-19(20-3)21-11-7-12-24-13-10-17-8-5-4-6-9-17/h4-6,8-9H,7,10-14H2,1-3H3,(H2,20,21,22). The zero-order valence-corrected chi connectivity index (χ0v) is 16.2. The highest BCUT2D eigenvalue weighted by molar-refractivity contribution is 7.11. The summed E-state index contributed by atoms with van der Waals surface area (Å²) in [5.74, 6) is 0.801. The average Bonchev–Trinajstić information content (AvgIpc) is 2.95. The fourth-order valence-corrected chi connectivity index (χ4v) is 3.19. The SMILES string of the molecule is CN=C(NCCCOCCc1ccccc1)NCc1nc(C)c(C)s1. The minimum Gasteiger partial charge on any atom is -0.381 e. The summed E-state index contributed by atoms with van der Waals surface area (Å²) >= 11 is 1.73. The van der Waals surface area contributed by atoms with Gasteiger partial charge in [-0.3, -0.25) is 4.99 Å². The molecule has 0 saturated carbocycles. The number of nitrogens with one attached hydrogen (secondary N) is 2. The summed E-state index contributed by atoms with van der Waals surface area (Å²) in [7, 11) is 1.78. The third-order valence-electron chi connectivity index (χ3n) is 3.84. The van der Waals surface area contributed by atoms with Crippen molar-refractivity contribution >= 4 is 17.3 Å². The molecule has 1 aromatic heterocycles. The van der Waals surface area contributed by atoms with Crippen LogP contribution in [0.3, 0.4) is 0 Å². The van der Waals surface area contributed by atoms with Gasteiger partial charge >= 0.3 is 0 Å². The molecule has 0 aliphatic carbocycles. The Bertz CT molecular complexity index is 635. The van der Waals surface area contributed by atoms with E-state index in [-0.39, 0.29) is 0 Å². The first-order chi connectivity index (χ1) is 12.2. The Balaban J connectivity index is 1.53. The second-order valence-electron chi connectivity index (χ2n) is 5.80. The summed E-state index contributed by atoms with van der Waals surface area (Å²) in [4.78, 5) is 10.0. The number of aromatic nitrogens is 1. The Morgan fingerprint density at radius 1 is 1.16 bits per heavy atom. The van der Waals surface area contributed by atoms with Crippen molar-refractivity contribution < 1.29 is 4.74 Å². The lowest BCUT2D eigenvalue weighted by atomic mass is 10.2. The normalized spacial score (nSPS) is 11.6. The van der Waals surface area contributed by atoms with Gasteiger partial charge in [0.15, 0.2) is 5.96 Å². The Kier molecular flexibility index (Phi) is 8.42. The molecule has 0 unspecified atom stereocenters. The number of aryl methyl sites for hydroxylation is 2. The average molecular weight is 361 g/mol. The number of rotatable bonds is 9. The van der Waals surface area contributed by atoms with Crippen molar-refractivity contribution in [1.29, 1.82) is 0 Å². The zero-order chi connectivity index (χ0) is 17.9. The zero-order valence-electron chi connectivity index (χ0n) is 15.3. The second kappa shape index (κ2) is 10.8. The Labute approximate surface area is 154 Å². The van der Waals surface area contributed by atoms with Crippen molar-refractivity contribution in [1.82, 2.24) is 15.6 Å². The minimum atomic E-state index is 0.701. The molecule has 25 heavy (non-hydrogen) atoms. The maximum absolute atomic E-state index is 5.69. The predicted molar refractivity (Wildman–Crippen MR) is 105 cm³/mol. The van der Waals surface area contributed by atoms with E-state index < -0.39 is 0 Å². The van der Waals surface area contributed by atoms with Gasteiger partial charge in [-0.1, -0.05) is 30.3 Å². The molecule has 0 atom stereocenters. The number of nitrogens with zero attached hydrogens (tertiary/aromatic N) is 2. The van der Waals surface area contributed by atoms with Crippen LogP contribution in [0.15, 0.2) is 35.3 Å². The lowest BCUT2D eigenvalue weighted by molar-refractivity contribution is 0.135. The van der Waals surface area contributed by atoms with E-state index >= 15 is 0 Å². The number of thiazole rings is 1. The molecule has 5 nitrogen and oxygen atoms in total. The Morgan fingerprint density at radius 2 is 1.96 bits per heavy atom. The fraction of sp³-hybridized carbons (Fsp3) is 0.474. The van der Waals surface area contributed by atoms with Crippen LogP contribution in [0.4, 0.5) is 0 Å². The minimum absolute atomic E-state index is 0.701. The first-order valence-corrected chi connectivity index (χ1v) is 9.50. The number of hydrogen-bond donors (Lipinski definition) is 2. The van der Waals surface area contributed by atoms with Crippen LogP contribution in [0.25, 0.3) is 0 Å². The van der Waals surface area contributed by atoms with E-state index in [9.17, 15) is 0 Å². The maximum atomic E-state index is 5.69. The molecule has 1 heterocycles. The van der Waals surface area contributed by atoms with Crippen LogP contribution in [0.1, 0.15) is 27.6 Å². The van der Waals surface area contributed by atoms with E-state index in [0.29, 0.717) is 6.54 Å². The van der Waals surface area contributed by atoms with Crippen molar-refractivity contribution in [3.8, 4) is 0 Å². The van der Waals surface area contributed by atoms with Crippen molar-refractivity contribution in [2.24, 2.45) is 4.99 Å². The molecule has 2 aromatic rings. The lowest BCUT2D eigenvalue weighted by Gasteiger charge is -2.11. The molecule has 0 amide bonds. The molecule has 136 valence electrons. The first kappa shape index (κ1) is 19.4. The van der Waals surface area contributed by atoms with Gasteiger partial charge in [-0.2, -0.15) is 0 Å². The summed E-state index contributed by atoms with van der Waals surface area (Å²) in [6, 6.07) is 10.4.